The largest absolute Gasteiger partial charge is 0.493 e. The molecule has 1 saturated heterocycles. The minimum Gasteiger partial charge on any atom is -0.493 e. The van der Waals surface area contributed by atoms with Crippen molar-refractivity contribution in [3.63, 3.8) is 0 Å². The molecule has 1 fully saturated rings. The first-order chi connectivity index (χ1) is 22.9. The number of hydrogen-bond donors (Lipinski definition) is 1. The van der Waals surface area contributed by atoms with Gasteiger partial charge in [0, 0.05) is 37.8 Å². The van der Waals surface area contributed by atoms with Crippen LogP contribution >= 0.6 is 11.3 Å². The number of carbonyl (C=O) groups is 1. The molecule has 5 heterocycles. The van der Waals surface area contributed by atoms with Crippen LogP contribution in [0.25, 0.3) is 32.2 Å². The molecule has 2 unspecified atom stereocenters. The van der Waals surface area contributed by atoms with Gasteiger partial charge in [-0.3, -0.25) is 14.4 Å². The molecule has 1 N–H and O–H groups in total. The quantitative estimate of drug-likeness (QED) is 0.216. The zero-order valence-electron chi connectivity index (χ0n) is 27.3. The van der Waals surface area contributed by atoms with Crippen molar-refractivity contribution in [2.24, 2.45) is 7.05 Å². The van der Waals surface area contributed by atoms with Crippen LogP contribution in [0.5, 0.6) is 11.5 Å². The number of benzene rings is 3. The predicted molar refractivity (Wildman–Crippen MR) is 186 cm³/mol. The molecular formula is C37H41N5O4S. The van der Waals surface area contributed by atoms with Gasteiger partial charge in [0.05, 0.1) is 53.0 Å². The van der Waals surface area contributed by atoms with Gasteiger partial charge in [0.1, 0.15) is 11.5 Å². The number of carboxylic acid groups (broad SMARTS) is 1. The second-order valence-electron chi connectivity index (χ2n) is 13.4. The van der Waals surface area contributed by atoms with Gasteiger partial charge in [-0.2, -0.15) is 5.10 Å². The first kappa shape index (κ1) is 30.2. The zero-order chi connectivity index (χ0) is 32.2. The van der Waals surface area contributed by atoms with Gasteiger partial charge in [-0.1, -0.05) is 36.3 Å². The van der Waals surface area contributed by atoms with E-state index in [1.807, 2.05) is 24.9 Å². The number of rotatable bonds is 2. The van der Waals surface area contributed by atoms with Gasteiger partial charge in [0.15, 0.2) is 5.13 Å². The SMILES string of the molecule is Cc1cc2nc3sc2c(c1CC(=O)O)-c1ccc2c(c1)C(CCCCCOc1c(ccc4c1cnn4C)C1CN3CCN1C)CCO2. The summed E-state index contributed by atoms with van der Waals surface area (Å²) in [7, 11) is 4.18. The number of aliphatic carboxylic acids is 1. The summed E-state index contributed by atoms with van der Waals surface area (Å²) in [6.45, 7) is 5.92. The van der Waals surface area contributed by atoms with Crippen molar-refractivity contribution in [1.29, 1.82) is 0 Å². The third-order valence-corrected chi connectivity index (χ3v) is 11.6. The molecule has 0 radical (unpaired) electrons. The van der Waals surface area contributed by atoms with Gasteiger partial charge < -0.3 is 19.5 Å². The summed E-state index contributed by atoms with van der Waals surface area (Å²) in [6.07, 6.45) is 7.16. The van der Waals surface area contributed by atoms with Gasteiger partial charge in [0.2, 0.25) is 0 Å². The van der Waals surface area contributed by atoms with E-state index in [1.54, 1.807) is 11.3 Å². The van der Waals surface area contributed by atoms with E-state index in [9.17, 15) is 9.90 Å². The van der Waals surface area contributed by atoms with Crippen LogP contribution in [0, 0.1) is 6.92 Å². The molecule has 3 aromatic carbocycles. The molecule has 3 aliphatic rings. The van der Waals surface area contributed by atoms with Gasteiger partial charge >= 0.3 is 5.97 Å². The molecule has 0 amide bonds. The number of carboxylic acids is 1. The van der Waals surface area contributed by atoms with Crippen molar-refractivity contribution < 1.29 is 19.4 Å². The predicted octanol–water partition coefficient (Wildman–Crippen LogP) is 7.10. The first-order valence-electron chi connectivity index (χ1n) is 16.8. The minimum atomic E-state index is -0.825. The summed E-state index contributed by atoms with van der Waals surface area (Å²) in [5, 5.41) is 16.6. The number of thiazole rings is 1. The highest BCUT2D eigenvalue weighted by atomic mass is 32.1. The van der Waals surface area contributed by atoms with Crippen LogP contribution in [0.15, 0.2) is 42.6 Å². The summed E-state index contributed by atoms with van der Waals surface area (Å²) in [5.41, 5.74) is 8.28. The van der Waals surface area contributed by atoms with Gasteiger partial charge in [-0.15, -0.1) is 0 Å². The molecule has 5 aromatic rings. The number of ether oxygens (including phenoxy) is 2. The van der Waals surface area contributed by atoms with Crippen molar-refractivity contribution in [3.05, 3.63) is 64.8 Å². The highest BCUT2D eigenvalue weighted by Crippen LogP contribution is 2.46. The molecule has 2 aromatic heterocycles. The van der Waals surface area contributed by atoms with Crippen molar-refractivity contribution >= 4 is 43.6 Å². The summed E-state index contributed by atoms with van der Waals surface area (Å²) in [4.78, 5) is 22.2. The van der Waals surface area contributed by atoms with E-state index in [-0.39, 0.29) is 12.5 Å². The summed E-state index contributed by atoms with van der Waals surface area (Å²) in [5.74, 6) is 1.47. The Morgan fingerprint density at radius 2 is 1.91 bits per heavy atom. The minimum absolute atomic E-state index is 0.0302. The highest BCUT2D eigenvalue weighted by Gasteiger charge is 2.32. The number of nitrogens with zero attached hydrogens (tertiary/aromatic N) is 5. The molecule has 0 saturated carbocycles. The second kappa shape index (κ2) is 12.1. The average molecular weight is 652 g/mol. The smallest absolute Gasteiger partial charge is 0.307 e. The Balaban J connectivity index is 1.29. The summed E-state index contributed by atoms with van der Waals surface area (Å²) in [6, 6.07) is 13.1. The van der Waals surface area contributed by atoms with Crippen LogP contribution in [-0.4, -0.2) is 70.6 Å². The number of aryl methyl sites for hydroxylation is 2. The number of aromatic nitrogens is 3. The molecule has 9 nitrogen and oxygen atoms in total. The fourth-order valence-electron chi connectivity index (χ4n) is 7.83. The van der Waals surface area contributed by atoms with E-state index in [4.69, 9.17) is 14.5 Å². The summed E-state index contributed by atoms with van der Waals surface area (Å²) < 4.78 is 15.8. The molecular weight excluding hydrogens is 611 g/mol. The Morgan fingerprint density at radius 3 is 2.79 bits per heavy atom. The van der Waals surface area contributed by atoms with Crippen LogP contribution in [0.4, 0.5) is 5.13 Å². The molecule has 2 atom stereocenters. The molecule has 0 aliphatic carbocycles. The van der Waals surface area contributed by atoms with E-state index in [2.05, 4.69) is 58.3 Å². The van der Waals surface area contributed by atoms with Gasteiger partial charge in [0.25, 0.3) is 0 Å². The van der Waals surface area contributed by atoms with E-state index < -0.39 is 5.97 Å². The fraction of sp³-hybridized carbons (Fsp3) is 0.432. The molecule has 244 valence electrons. The zero-order valence-corrected chi connectivity index (χ0v) is 28.1. The van der Waals surface area contributed by atoms with Crippen LogP contribution in [0.2, 0.25) is 0 Å². The van der Waals surface area contributed by atoms with Gasteiger partial charge in [-0.05, 0) is 85.7 Å². The fourth-order valence-corrected chi connectivity index (χ4v) is 9.01. The van der Waals surface area contributed by atoms with Crippen molar-refractivity contribution in [1.82, 2.24) is 19.7 Å². The van der Waals surface area contributed by atoms with Crippen LogP contribution in [0.3, 0.4) is 0 Å². The van der Waals surface area contributed by atoms with Crippen molar-refractivity contribution in [2.75, 3.05) is 44.8 Å². The number of piperazine rings is 1. The monoisotopic (exact) mass is 651 g/mol. The maximum absolute atomic E-state index is 12.2. The standard InChI is InChI=1S/C37H41N5O4S/c1-22-17-29-36-34(26(22)19-33(43)44)24-8-11-32-27(18-24)23(12-16-45-32)7-5-4-6-15-46-35-25(9-10-30-28(35)20-38-41(30)3)31-21-42(14-13-40(31)2)37(39-29)47-36/h8-11,17-18,20,23,31H,4-7,12-16,19,21H2,1-3H3,(H,43,44). The third kappa shape index (κ3) is 5.41. The molecule has 0 spiro atoms. The molecule has 47 heavy (non-hydrogen) atoms. The lowest BCUT2D eigenvalue weighted by molar-refractivity contribution is -0.136. The topological polar surface area (TPSA) is 93.0 Å². The lowest BCUT2D eigenvalue weighted by Crippen LogP contribution is -2.46. The third-order valence-electron chi connectivity index (χ3n) is 10.4. The second-order valence-corrected chi connectivity index (χ2v) is 14.4. The molecule has 8 rings (SSSR count). The number of likely N-dealkylation sites (N-methyl/N-ethyl adjacent to an activating group) is 1. The average Bonchev–Trinajstić information content (AvgIpc) is 3.66. The Bertz CT molecular complexity index is 2000. The number of hydrogen-bond acceptors (Lipinski definition) is 8. The van der Waals surface area contributed by atoms with Crippen LogP contribution in [-0.2, 0) is 18.3 Å². The molecule has 6 bridgehead atoms. The van der Waals surface area contributed by atoms with E-state index in [1.165, 1.54) is 11.1 Å². The lowest BCUT2D eigenvalue weighted by Gasteiger charge is -2.40. The number of anilines is 1. The Morgan fingerprint density at radius 1 is 1.02 bits per heavy atom. The van der Waals surface area contributed by atoms with Crippen LogP contribution < -0.4 is 14.4 Å². The number of fused-ring (bicyclic) bond motifs is 10. The maximum atomic E-state index is 12.2. The van der Waals surface area contributed by atoms with Crippen molar-refractivity contribution in [3.8, 4) is 22.6 Å². The Kier molecular flexibility index (Phi) is 7.80. The molecule has 3 aliphatic heterocycles. The maximum Gasteiger partial charge on any atom is 0.307 e. The Hall–Kier alpha value is -4.15. The first-order valence-corrected chi connectivity index (χ1v) is 17.6. The van der Waals surface area contributed by atoms with E-state index in [0.29, 0.717) is 12.5 Å². The Labute approximate surface area is 278 Å². The van der Waals surface area contributed by atoms with E-state index >= 15 is 0 Å². The lowest BCUT2D eigenvalue weighted by atomic mass is 9.85. The normalized spacial score (nSPS) is 20.3. The molecule has 10 heteroatoms. The van der Waals surface area contributed by atoms with Gasteiger partial charge in [-0.25, -0.2) is 4.98 Å². The van der Waals surface area contributed by atoms with Crippen molar-refractivity contribution in [2.45, 2.75) is 57.4 Å². The van der Waals surface area contributed by atoms with Crippen LogP contribution in [0.1, 0.15) is 66.3 Å². The summed E-state index contributed by atoms with van der Waals surface area (Å²) >= 11 is 1.68. The highest BCUT2D eigenvalue weighted by molar-refractivity contribution is 7.22. The van der Waals surface area contributed by atoms with E-state index in [0.717, 1.165) is 118 Å².